The third-order valence-electron chi connectivity index (χ3n) is 3.87. The van der Waals surface area contributed by atoms with Crippen molar-refractivity contribution >= 4 is 23.7 Å². The van der Waals surface area contributed by atoms with Gasteiger partial charge in [-0.15, -0.1) is 0 Å². The molecule has 3 rings (SSSR count). The number of halogens is 1. The SMILES string of the molecule is CC(C)(C)OC(=O)N1CCOC[C@H]1c1cc(Cl)cc(-c2cnc(N)o2)c1. The average Bonchev–Trinajstić information content (AvgIpc) is 2.99. The summed E-state index contributed by atoms with van der Waals surface area (Å²) in [6, 6.07) is 5.23. The van der Waals surface area contributed by atoms with Crippen molar-refractivity contribution in [2.75, 3.05) is 25.5 Å². The van der Waals surface area contributed by atoms with Crippen molar-refractivity contribution in [1.82, 2.24) is 9.88 Å². The van der Waals surface area contributed by atoms with Crippen LogP contribution >= 0.6 is 11.6 Å². The number of morpholine rings is 1. The number of nitrogen functional groups attached to an aromatic ring is 1. The highest BCUT2D eigenvalue weighted by atomic mass is 35.5. The molecule has 8 heteroatoms. The Morgan fingerprint density at radius 2 is 2.15 bits per heavy atom. The van der Waals surface area contributed by atoms with E-state index in [4.69, 9.17) is 31.2 Å². The van der Waals surface area contributed by atoms with Crippen LogP contribution in [-0.2, 0) is 9.47 Å². The Bertz CT molecular complexity index is 800. The Morgan fingerprint density at radius 1 is 1.38 bits per heavy atom. The highest BCUT2D eigenvalue weighted by molar-refractivity contribution is 6.31. The highest BCUT2D eigenvalue weighted by Gasteiger charge is 2.32. The van der Waals surface area contributed by atoms with Gasteiger partial charge in [-0.1, -0.05) is 11.6 Å². The Kier molecular flexibility index (Phi) is 5.11. The number of carbonyl (C=O) groups excluding carboxylic acids is 1. The van der Waals surface area contributed by atoms with Gasteiger partial charge in [0.1, 0.15) is 5.60 Å². The minimum Gasteiger partial charge on any atom is -0.444 e. The van der Waals surface area contributed by atoms with Crippen molar-refractivity contribution in [2.45, 2.75) is 32.4 Å². The van der Waals surface area contributed by atoms with Gasteiger partial charge in [0, 0.05) is 17.1 Å². The molecule has 1 aromatic heterocycles. The summed E-state index contributed by atoms with van der Waals surface area (Å²) < 4.78 is 16.5. The van der Waals surface area contributed by atoms with Crippen LogP contribution in [0.1, 0.15) is 32.4 Å². The number of ether oxygens (including phenoxy) is 2. The van der Waals surface area contributed by atoms with E-state index in [2.05, 4.69) is 4.98 Å². The lowest BCUT2D eigenvalue weighted by Crippen LogP contribution is -2.45. The van der Waals surface area contributed by atoms with Gasteiger partial charge in [0.2, 0.25) is 0 Å². The summed E-state index contributed by atoms with van der Waals surface area (Å²) in [5.74, 6) is 0.506. The smallest absolute Gasteiger partial charge is 0.410 e. The summed E-state index contributed by atoms with van der Waals surface area (Å²) in [6.07, 6.45) is 1.16. The molecule has 0 radical (unpaired) electrons. The topological polar surface area (TPSA) is 90.8 Å². The van der Waals surface area contributed by atoms with Crippen molar-refractivity contribution < 1.29 is 18.7 Å². The van der Waals surface area contributed by atoms with Crippen LogP contribution < -0.4 is 5.73 Å². The largest absolute Gasteiger partial charge is 0.444 e. The maximum absolute atomic E-state index is 12.6. The van der Waals surface area contributed by atoms with Crippen LogP contribution in [-0.4, -0.2) is 41.3 Å². The van der Waals surface area contributed by atoms with Crippen molar-refractivity contribution in [2.24, 2.45) is 0 Å². The molecule has 0 saturated carbocycles. The molecule has 2 N–H and O–H groups in total. The normalized spacial score (nSPS) is 18.0. The summed E-state index contributed by atoms with van der Waals surface area (Å²) in [4.78, 5) is 18.2. The molecular formula is C18H22ClN3O4. The van der Waals surface area contributed by atoms with Gasteiger partial charge in [-0.05, 0) is 44.5 Å². The predicted octanol–water partition coefficient (Wildman–Crippen LogP) is 3.89. The molecule has 26 heavy (non-hydrogen) atoms. The van der Waals surface area contributed by atoms with E-state index in [1.165, 1.54) is 6.20 Å². The number of benzene rings is 1. The molecule has 1 saturated heterocycles. The first kappa shape index (κ1) is 18.5. The molecule has 0 unspecified atom stereocenters. The molecule has 1 atom stereocenters. The number of aromatic nitrogens is 1. The maximum atomic E-state index is 12.6. The zero-order valence-corrected chi connectivity index (χ0v) is 15.7. The van der Waals surface area contributed by atoms with Crippen molar-refractivity contribution in [3.05, 3.63) is 35.0 Å². The Balaban J connectivity index is 1.92. The fraction of sp³-hybridized carbons (Fsp3) is 0.444. The van der Waals surface area contributed by atoms with Crippen LogP contribution in [0.15, 0.2) is 28.8 Å². The molecule has 7 nitrogen and oxygen atoms in total. The van der Waals surface area contributed by atoms with Crippen molar-refractivity contribution in [3.8, 4) is 11.3 Å². The maximum Gasteiger partial charge on any atom is 0.410 e. The van der Waals surface area contributed by atoms with Gasteiger partial charge in [-0.2, -0.15) is 0 Å². The van der Waals surface area contributed by atoms with Gasteiger partial charge in [-0.3, -0.25) is 4.90 Å². The fourth-order valence-electron chi connectivity index (χ4n) is 2.79. The first-order valence-corrected chi connectivity index (χ1v) is 8.70. The number of nitrogens with zero attached hydrogens (tertiary/aromatic N) is 2. The Labute approximate surface area is 157 Å². The number of amides is 1. The van der Waals surface area contributed by atoms with E-state index in [0.29, 0.717) is 30.5 Å². The van der Waals surface area contributed by atoms with E-state index < -0.39 is 5.60 Å². The van der Waals surface area contributed by atoms with E-state index >= 15 is 0 Å². The number of nitrogens with two attached hydrogens (primary N) is 1. The van der Waals surface area contributed by atoms with Gasteiger partial charge < -0.3 is 19.6 Å². The molecule has 1 aromatic carbocycles. The standard InChI is InChI=1S/C18H22ClN3O4/c1-18(2,3)26-17(23)22-4-5-24-10-14(22)11-6-12(8-13(19)7-11)15-9-21-16(20)25-15/h6-9,14H,4-5,10H2,1-3H3,(H2,20,21)/t14-/m0/s1. The molecule has 2 aromatic rings. The number of carbonyl (C=O) groups is 1. The number of anilines is 1. The summed E-state index contributed by atoms with van der Waals surface area (Å²) in [5.41, 5.74) is 6.54. The van der Waals surface area contributed by atoms with E-state index in [-0.39, 0.29) is 18.1 Å². The number of oxazole rings is 1. The molecular weight excluding hydrogens is 358 g/mol. The highest BCUT2D eigenvalue weighted by Crippen LogP contribution is 2.32. The Morgan fingerprint density at radius 3 is 2.81 bits per heavy atom. The second-order valence-corrected chi connectivity index (χ2v) is 7.54. The lowest BCUT2D eigenvalue weighted by atomic mass is 10.0. The van der Waals surface area contributed by atoms with Crippen LogP contribution in [0.4, 0.5) is 10.8 Å². The third kappa shape index (κ3) is 4.28. The van der Waals surface area contributed by atoms with Crippen molar-refractivity contribution in [1.29, 1.82) is 0 Å². The fourth-order valence-corrected chi connectivity index (χ4v) is 3.03. The summed E-state index contributed by atoms with van der Waals surface area (Å²) in [7, 11) is 0. The molecule has 0 bridgehead atoms. The van der Waals surface area contributed by atoms with Crippen molar-refractivity contribution in [3.63, 3.8) is 0 Å². The Hall–Kier alpha value is -2.25. The van der Waals surface area contributed by atoms with Gasteiger partial charge in [0.25, 0.3) is 6.01 Å². The van der Waals surface area contributed by atoms with Crippen LogP contribution in [0.25, 0.3) is 11.3 Å². The molecule has 1 aliphatic heterocycles. The third-order valence-corrected chi connectivity index (χ3v) is 4.09. The van der Waals surface area contributed by atoms with Gasteiger partial charge in [-0.25, -0.2) is 9.78 Å². The lowest BCUT2D eigenvalue weighted by Gasteiger charge is -2.37. The molecule has 0 aliphatic carbocycles. The molecule has 1 fully saturated rings. The molecule has 140 valence electrons. The van der Waals surface area contributed by atoms with E-state index in [0.717, 1.165) is 11.1 Å². The van der Waals surface area contributed by atoms with Crippen LogP contribution in [0.3, 0.4) is 0 Å². The number of hydrogen-bond acceptors (Lipinski definition) is 6. The number of rotatable bonds is 2. The first-order valence-electron chi connectivity index (χ1n) is 8.32. The van der Waals surface area contributed by atoms with E-state index in [9.17, 15) is 4.79 Å². The van der Waals surface area contributed by atoms with Crippen LogP contribution in [0.5, 0.6) is 0 Å². The zero-order chi connectivity index (χ0) is 18.9. The van der Waals surface area contributed by atoms with Gasteiger partial charge in [0.05, 0.1) is 25.5 Å². The quantitative estimate of drug-likeness (QED) is 0.851. The first-order chi connectivity index (χ1) is 12.2. The average molecular weight is 380 g/mol. The predicted molar refractivity (Wildman–Crippen MR) is 97.9 cm³/mol. The molecule has 2 heterocycles. The minimum absolute atomic E-state index is 0.0814. The monoisotopic (exact) mass is 379 g/mol. The summed E-state index contributed by atoms with van der Waals surface area (Å²) in [5, 5.41) is 0.516. The zero-order valence-electron chi connectivity index (χ0n) is 15.0. The van der Waals surface area contributed by atoms with E-state index in [1.807, 2.05) is 32.9 Å². The molecule has 1 aliphatic rings. The van der Waals surface area contributed by atoms with Crippen LogP contribution in [0, 0.1) is 0 Å². The minimum atomic E-state index is -0.573. The second-order valence-electron chi connectivity index (χ2n) is 7.10. The summed E-state index contributed by atoms with van der Waals surface area (Å²) >= 11 is 6.29. The van der Waals surface area contributed by atoms with E-state index in [1.54, 1.807) is 11.0 Å². The van der Waals surface area contributed by atoms with Crippen LogP contribution in [0.2, 0.25) is 5.02 Å². The second kappa shape index (κ2) is 7.17. The lowest BCUT2D eigenvalue weighted by molar-refractivity contribution is -0.0331. The summed E-state index contributed by atoms with van der Waals surface area (Å²) in [6.45, 7) is 6.78. The molecule has 0 spiro atoms. The van der Waals surface area contributed by atoms with Gasteiger partial charge >= 0.3 is 6.09 Å². The molecule has 1 amide bonds. The van der Waals surface area contributed by atoms with Gasteiger partial charge in [0.15, 0.2) is 5.76 Å². The number of hydrogen-bond donors (Lipinski definition) is 1.